The predicted molar refractivity (Wildman–Crippen MR) is 85.6 cm³/mol. The van der Waals surface area contributed by atoms with Crippen LogP contribution in [0.15, 0.2) is 12.3 Å². The van der Waals surface area contributed by atoms with Crippen molar-refractivity contribution in [2.45, 2.75) is 57.4 Å². The Bertz CT molecular complexity index is 580. The summed E-state index contributed by atoms with van der Waals surface area (Å²) < 4.78 is 0. The van der Waals surface area contributed by atoms with Gasteiger partial charge in [0.15, 0.2) is 5.69 Å². The lowest BCUT2D eigenvalue weighted by atomic mass is 9.97. The molecule has 1 heterocycles. The summed E-state index contributed by atoms with van der Waals surface area (Å²) in [6, 6.07) is 1.61. The van der Waals surface area contributed by atoms with Crippen molar-refractivity contribution in [2.75, 3.05) is 6.61 Å². The molecule has 1 amide bonds. The zero-order valence-electron chi connectivity index (χ0n) is 13.5. The van der Waals surface area contributed by atoms with E-state index < -0.39 is 17.4 Å². The minimum absolute atomic E-state index is 0.0748. The van der Waals surface area contributed by atoms with E-state index in [0.29, 0.717) is 12.8 Å². The van der Waals surface area contributed by atoms with Crippen molar-refractivity contribution < 1.29 is 19.8 Å². The summed E-state index contributed by atoms with van der Waals surface area (Å²) in [5.74, 6) is -1.69. The minimum Gasteiger partial charge on any atom is -0.476 e. The molecule has 126 valence electrons. The molecule has 1 aromatic rings. The molecule has 2 rings (SSSR count). The number of hydrogen-bond donors (Lipinski definition) is 3. The van der Waals surface area contributed by atoms with Crippen LogP contribution in [-0.2, 0) is 6.42 Å². The largest absolute Gasteiger partial charge is 0.476 e. The molecule has 1 aliphatic rings. The summed E-state index contributed by atoms with van der Waals surface area (Å²) in [5, 5.41) is 21.7. The number of carbonyl (C=O) groups is 2. The number of aliphatic hydroxyl groups is 1. The number of nitrogens with zero attached hydrogens (tertiary/aromatic N) is 1. The number of unbranched alkanes of at least 4 members (excludes halogenated alkanes) is 1. The average Bonchev–Trinajstić information content (AvgIpc) is 3.01. The third-order valence-corrected chi connectivity index (χ3v) is 4.45. The van der Waals surface area contributed by atoms with Crippen LogP contribution in [0.2, 0.25) is 0 Å². The van der Waals surface area contributed by atoms with Crippen LogP contribution in [0.25, 0.3) is 0 Å². The van der Waals surface area contributed by atoms with Crippen molar-refractivity contribution in [3.8, 4) is 0 Å². The second-order valence-corrected chi connectivity index (χ2v) is 6.25. The van der Waals surface area contributed by atoms with E-state index in [1.54, 1.807) is 6.07 Å². The van der Waals surface area contributed by atoms with Gasteiger partial charge >= 0.3 is 5.97 Å². The van der Waals surface area contributed by atoms with Gasteiger partial charge in [0, 0.05) is 6.20 Å². The Kier molecular flexibility index (Phi) is 5.71. The molecular formula is C17H24N2O4. The number of amides is 1. The van der Waals surface area contributed by atoms with Gasteiger partial charge < -0.3 is 15.5 Å². The summed E-state index contributed by atoms with van der Waals surface area (Å²) in [7, 11) is 0. The smallest absolute Gasteiger partial charge is 0.355 e. The number of hydrogen-bond acceptors (Lipinski definition) is 4. The number of rotatable bonds is 7. The number of pyridine rings is 1. The molecule has 1 aliphatic carbocycles. The molecule has 1 aromatic heterocycles. The van der Waals surface area contributed by atoms with Crippen molar-refractivity contribution in [1.82, 2.24) is 10.3 Å². The summed E-state index contributed by atoms with van der Waals surface area (Å²) >= 11 is 0. The van der Waals surface area contributed by atoms with E-state index in [-0.39, 0.29) is 17.9 Å². The molecular weight excluding hydrogens is 296 g/mol. The fourth-order valence-corrected chi connectivity index (χ4v) is 3.05. The highest BCUT2D eigenvalue weighted by Gasteiger charge is 2.35. The summed E-state index contributed by atoms with van der Waals surface area (Å²) in [6.07, 6.45) is 7.55. The first-order chi connectivity index (χ1) is 11.0. The molecule has 0 bridgehead atoms. The topological polar surface area (TPSA) is 99.5 Å². The normalized spacial score (nSPS) is 16.3. The molecule has 0 radical (unpaired) electrons. The lowest BCUT2D eigenvalue weighted by Gasteiger charge is -2.28. The van der Waals surface area contributed by atoms with Gasteiger partial charge in [-0.1, -0.05) is 26.2 Å². The van der Waals surface area contributed by atoms with Gasteiger partial charge in [0.1, 0.15) is 0 Å². The first-order valence-corrected chi connectivity index (χ1v) is 8.17. The Balaban J connectivity index is 2.27. The predicted octanol–water partition coefficient (Wildman–Crippen LogP) is 2.16. The number of aromatic carboxylic acids is 1. The van der Waals surface area contributed by atoms with Crippen molar-refractivity contribution in [2.24, 2.45) is 0 Å². The van der Waals surface area contributed by atoms with E-state index >= 15 is 0 Å². The summed E-state index contributed by atoms with van der Waals surface area (Å²) in [6.45, 7) is 1.93. The maximum absolute atomic E-state index is 12.6. The lowest BCUT2D eigenvalue weighted by molar-refractivity contribution is 0.0680. The van der Waals surface area contributed by atoms with E-state index in [4.69, 9.17) is 0 Å². The average molecular weight is 320 g/mol. The number of aliphatic hydroxyl groups excluding tert-OH is 1. The highest BCUT2D eigenvalue weighted by atomic mass is 16.4. The third kappa shape index (κ3) is 4.07. The van der Waals surface area contributed by atoms with Gasteiger partial charge in [-0.3, -0.25) is 4.79 Å². The Morgan fingerprint density at radius 3 is 2.61 bits per heavy atom. The van der Waals surface area contributed by atoms with Gasteiger partial charge in [-0.05, 0) is 37.3 Å². The molecule has 1 saturated carbocycles. The van der Waals surface area contributed by atoms with Crippen molar-refractivity contribution >= 4 is 11.9 Å². The van der Waals surface area contributed by atoms with Gasteiger partial charge in [-0.15, -0.1) is 0 Å². The first kappa shape index (κ1) is 17.4. The monoisotopic (exact) mass is 320 g/mol. The van der Waals surface area contributed by atoms with Crippen LogP contribution >= 0.6 is 0 Å². The number of aryl methyl sites for hydroxylation is 1. The van der Waals surface area contributed by atoms with E-state index in [0.717, 1.165) is 37.7 Å². The molecule has 0 aromatic carbocycles. The molecule has 6 heteroatoms. The molecule has 0 aliphatic heterocycles. The standard InChI is InChI=1S/C17H24N2O4/c1-2-3-6-12-9-13(14(16(22)23)18-10-12)15(21)19-17(11-20)7-4-5-8-17/h9-10,20H,2-8,11H2,1H3,(H,19,21)(H,22,23). The second kappa shape index (κ2) is 7.55. The fourth-order valence-electron chi connectivity index (χ4n) is 3.05. The van der Waals surface area contributed by atoms with Gasteiger partial charge in [0.05, 0.1) is 17.7 Å². The van der Waals surface area contributed by atoms with Gasteiger partial charge in [0.25, 0.3) is 5.91 Å². The number of carboxylic acid groups (broad SMARTS) is 1. The minimum atomic E-state index is -1.22. The second-order valence-electron chi connectivity index (χ2n) is 6.25. The highest BCUT2D eigenvalue weighted by Crippen LogP contribution is 2.29. The van der Waals surface area contributed by atoms with E-state index in [1.807, 2.05) is 0 Å². The van der Waals surface area contributed by atoms with Crippen LogP contribution in [-0.4, -0.2) is 39.2 Å². The molecule has 3 N–H and O–H groups in total. The van der Waals surface area contributed by atoms with Crippen LogP contribution in [0, 0.1) is 0 Å². The van der Waals surface area contributed by atoms with Crippen molar-refractivity contribution in [3.63, 3.8) is 0 Å². The SMILES string of the molecule is CCCCc1cnc(C(=O)O)c(C(=O)NC2(CO)CCCC2)c1. The summed E-state index contributed by atoms with van der Waals surface area (Å²) in [4.78, 5) is 27.9. The van der Waals surface area contributed by atoms with Gasteiger partial charge in [-0.25, -0.2) is 9.78 Å². The zero-order valence-corrected chi connectivity index (χ0v) is 13.5. The number of carboxylic acids is 1. The zero-order chi connectivity index (χ0) is 16.9. The maximum Gasteiger partial charge on any atom is 0.355 e. The van der Waals surface area contributed by atoms with Crippen molar-refractivity contribution in [3.05, 3.63) is 29.1 Å². The molecule has 0 unspecified atom stereocenters. The molecule has 6 nitrogen and oxygen atoms in total. The van der Waals surface area contributed by atoms with Crippen LogP contribution in [0.5, 0.6) is 0 Å². The molecule has 0 spiro atoms. The summed E-state index contributed by atoms with van der Waals surface area (Å²) in [5.41, 5.74) is 0.0536. The quantitative estimate of drug-likeness (QED) is 0.715. The van der Waals surface area contributed by atoms with Gasteiger partial charge in [0.2, 0.25) is 0 Å². The Labute approximate surface area is 135 Å². The number of nitrogens with one attached hydrogen (secondary N) is 1. The van der Waals surface area contributed by atoms with E-state index in [1.165, 1.54) is 6.20 Å². The lowest BCUT2D eigenvalue weighted by Crippen LogP contribution is -2.49. The van der Waals surface area contributed by atoms with Crippen molar-refractivity contribution in [1.29, 1.82) is 0 Å². The highest BCUT2D eigenvalue weighted by molar-refractivity contribution is 6.04. The van der Waals surface area contributed by atoms with Crippen LogP contribution in [0.3, 0.4) is 0 Å². The molecule has 0 atom stereocenters. The first-order valence-electron chi connectivity index (χ1n) is 8.17. The van der Waals surface area contributed by atoms with Crippen LogP contribution < -0.4 is 5.32 Å². The Morgan fingerprint density at radius 2 is 2.04 bits per heavy atom. The molecule has 23 heavy (non-hydrogen) atoms. The van der Waals surface area contributed by atoms with Crippen LogP contribution in [0.1, 0.15) is 71.9 Å². The molecule has 1 fully saturated rings. The van der Waals surface area contributed by atoms with E-state index in [2.05, 4.69) is 17.2 Å². The van der Waals surface area contributed by atoms with E-state index in [9.17, 15) is 19.8 Å². The maximum atomic E-state index is 12.6. The third-order valence-electron chi connectivity index (χ3n) is 4.45. The number of carbonyl (C=O) groups excluding carboxylic acids is 1. The number of aromatic nitrogens is 1. The molecule has 0 saturated heterocycles. The Morgan fingerprint density at radius 1 is 1.35 bits per heavy atom. The van der Waals surface area contributed by atoms with Gasteiger partial charge in [-0.2, -0.15) is 0 Å². The fraction of sp³-hybridized carbons (Fsp3) is 0.588. The Hall–Kier alpha value is -1.95. The van der Waals surface area contributed by atoms with Crippen LogP contribution in [0.4, 0.5) is 0 Å².